The minimum Gasteiger partial charge on any atom is -0.193 e. The second-order valence-corrected chi connectivity index (χ2v) is 5.32. The Bertz CT molecular complexity index is 662. The Morgan fingerprint density at radius 3 is 1.65 bits per heavy atom. The molecule has 0 amide bonds. The number of nitrogens with zero attached hydrogens (tertiary/aromatic N) is 1. The summed E-state index contributed by atoms with van der Waals surface area (Å²) >= 11 is 0. The van der Waals surface area contributed by atoms with Crippen molar-refractivity contribution in [2.75, 3.05) is 0 Å². The van der Waals surface area contributed by atoms with Crippen LogP contribution in [0, 0.1) is 39.0 Å². The molecular weight excluding hydrogens is 242 g/mol. The molecule has 0 saturated heterocycles. The van der Waals surface area contributed by atoms with Gasteiger partial charge in [-0.3, -0.25) is 0 Å². The fourth-order valence-corrected chi connectivity index (χ4v) is 2.60. The molecule has 0 aliphatic heterocycles. The molecule has 0 atom stereocenters. The van der Waals surface area contributed by atoms with Gasteiger partial charge in [0.1, 0.15) is 0 Å². The molecule has 2 aromatic carbocycles. The second-order valence-electron chi connectivity index (χ2n) is 5.32. The lowest BCUT2D eigenvalue weighted by molar-refractivity contribution is 1.32. The molecule has 0 radical (unpaired) electrons. The van der Waals surface area contributed by atoms with Gasteiger partial charge in [-0.05, 0) is 55.5 Å². The molecule has 20 heavy (non-hydrogen) atoms. The molecule has 0 fully saturated rings. The topological polar surface area (TPSA) is 23.8 Å². The summed E-state index contributed by atoms with van der Waals surface area (Å²) in [4.78, 5) is 0. The molecule has 0 aliphatic rings. The van der Waals surface area contributed by atoms with E-state index < -0.39 is 0 Å². The van der Waals surface area contributed by atoms with E-state index >= 15 is 0 Å². The van der Waals surface area contributed by atoms with Crippen molar-refractivity contribution >= 4 is 5.57 Å². The minimum absolute atomic E-state index is 1.00. The van der Waals surface area contributed by atoms with Crippen molar-refractivity contribution in [1.82, 2.24) is 0 Å². The highest BCUT2D eigenvalue weighted by atomic mass is 14.2. The number of aryl methyl sites for hydroxylation is 4. The number of hydrogen-bond donors (Lipinski definition) is 0. The fourth-order valence-electron chi connectivity index (χ4n) is 2.60. The predicted octanol–water partition coefficient (Wildman–Crippen LogP) is 4.88. The van der Waals surface area contributed by atoms with Gasteiger partial charge in [-0.2, -0.15) is 5.26 Å². The van der Waals surface area contributed by atoms with E-state index in [4.69, 9.17) is 5.26 Å². The van der Waals surface area contributed by atoms with Gasteiger partial charge in [0.25, 0.3) is 0 Å². The van der Waals surface area contributed by atoms with Gasteiger partial charge in [-0.25, -0.2) is 0 Å². The summed E-state index contributed by atoms with van der Waals surface area (Å²) in [6.45, 7) is 8.36. The van der Waals surface area contributed by atoms with Gasteiger partial charge < -0.3 is 0 Å². The van der Waals surface area contributed by atoms with Crippen LogP contribution in [0.2, 0.25) is 0 Å². The van der Waals surface area contributed by atoms with Crippen molar-refractivity contribution in [3.63, 3.8) is 0 Å². The van der Waals surface area contributed by atoms with E-state index in [1.807, 2.05) is 0 Å². The largest absolute Gasteiger partial charge is 0.193 e. The summed E-state index contributed by atoms with van der Waals surface area (Å²) in [6.07, 6.45) is 1.65. The Labute approximate surface area is 121 Å². The summed E-state index contributed by atoms with van der Waals surface area (Å²) in [5.41, 5.74) is 8.14. The molecule has 2 rings (SSSR count). The van der Waals surface area contributed by atoms with Gasteiger partial charge in [-0.15, -0.1) is 0 Å². The lowest BCUT2D eigenvalue weighted by atomic mass is 9.90. The summed E-state index contributed by atoms with van der Waals surface area (Å²) in [5.74, 6) is 0. The van der Waals surface area contributed by atoms with Crippen LogP contribution in [0.1, 0.15) is 33.4 Å². The third kappa shape index (κ3) is 2.81. The van der Waals surface area contributed by atoms with Gasteiger partial charge in [0.05, 0.1) is 6.07 Å². The first kappa shape index (κ1) is 14.1. The van der Waals surface area contributed by atoms with E-state index in [1.54, 1.807) is 6.08 Å². The molecule has 0 unspecified atom stereocenters. The van der Waals surface area contributed by atoms with Gasteiger partial charge in [-0.1, -0.05) is 47.5 Å². The molecule has 1 heteroatoms. The third-order valence-electron chi connectivity index (χ3n) is 3.55. The van der Waals surface area contributed by atoms with Crippen LogP contribution in [0.25, 0.3) is 5.57 Å². The Hall–Kier alpha value is -2.33. The van der Waals surface area contributed by atoms with E-state index in [0.29, 0.717) is 0 Å². The standard InChI is InChI=1S/C19H19N/c1-13-5-7-17(15(3)11-13)19(9-10-20)18-8-6-14(2)12-16(18)4/h5-9,11-12H,1-4H3. The van der Waals surface area contributed by atoms with E-state index in [0.717, 1.165) is 16.7 Å². The van der Waals surface area contributed by atoms with Gasteiger partial charge >= 0.3 is 0 Å². The first-order valence-corrected chi connectivity index (χ1v) is 6.78. The van der Waals surface area contributed by atoms with Crippen molar-refractivity contribution < 1.29 is 0 Å². The van der Waals surface area contributed by atoms with Crippen molar-refractivity contribution in [2.45, 2.75) is 27.7 Å². The Balaban J connectivity index is 2.64. The SMILES string of the molecule is Cc1ccc(C(=CC#N)c2ccc(C)cc2C)c(C)c1. The monoisotopic (exact) mass is 261 g/mol. The lowest BCUT2D eigenvalue weighted by Gasteiger charge is -2.14. The van der Waals surface area contributed by atoms with Crippen LogP contribution in [-0.4, -0.2) is 0 Å². The van der Waals surface area contributed by atoms with Crippen LogP contribution < -0.4 is 0 Å². The van der Waals surface area contributed by atoms with Crippen LogP contribution in [0.4, 0.5) is 0 Å². The average Bonchev–Trinajstić information content (AvgIpc) is 2.37. The molecule has 0 saturated carbocycles. The maximum atomic E-state index is 9.12. The summed E-state index contributed by atoms with van der Waals surface area (Å²) < 4.78 is 0. The zero-order valence-corrected chi connectivity index (χ0v) is 12.5. The Morgan fingerprint density at radius 2 is 1.30 bits per heavy atom. The van der Waals surface area contributed by atoms with Crippen LogP contribution >= 0.6 is 0 Å². The van der Waals surface area contributed by atoms with Gasteiger partial charge in [0, 0.05) is 6.08 Å². The molecule has 0 aliphatic carbocycles. The highest BCUT2D eigenvalue weighted by molar-refractivity contribution is 5.84. The van der Waals surface area contributed by atoms with E-state index in [1.165, 1.54) is 22.3 Å². The van der Waals surface area contributed by atoms with Crippen LogP contribution in [-0.2, 0) is 0 Å². The van der Waals surface area contributed by atoms with Gasteiger partial charge in [0.2, 0.25) is 0 Å². The minimum atomic E-state index is 1.00. The van der Waals surface area contributed by atoms with Crippen LogP contribution in [0.3, 0.4) is 0 Å². The predicted molar refractivity (Wildman–Crippen MR) is 84.5 cm³/mol. The normalized spacial score (nSPS) is 9.95. The number of nitriles is 1. The average molecular weight is 261 g/mol. The zero-order chi connectivity index (χ0) is 14.7. The maximum absolute atomic E-state index is 9.12. The first-order valence-electron chi connectivity index (χ1n) is 6.78. The summed E-state index contributed by atoms with van der Waals surface area (Å²) in [7, 11) is 0. The van der Waals surface area contributed by atoms with E-state index in [2.05, 4.69) is 70.2 Å². The molecule has 0 spiro atoms. The van der Waals surface area contributed by atoms with Crippen molar-refractivity contribution in [1.29, 1.82) is 5.26 Å². The third-order valence-corrected chi connectivity index (χ3v) is 3.55. The van der Waals surface area contributed by atoms with Crippen LogP contribution in [0.15, 0.2) is 42.5 Å². The van der Waals surface area contributed by atoms with Crippen molar-refractivity contribution in [3.05, 3.63) is 75.9 Å². The second kappa shape index (κ2) is 5.75. The zero-order valence-electron chi connectivity index (χ0n) is 12.5. The molecule has 0 aromatic heterocycles. The number of allylic oxidation sites excluding steroid dienone is 1. The molecule has 0 N–H and O–H groups in total. The van der Waals surface area contributed by atoms with Crippen molar-refractivity contribution in [3.8, 4) is 6.07 Å². The highest BCUT2D eigenvalue weighted by Crippen LogP contribution is 2.29. The quantitative estimate of drug-likeness (QED) is 0.707. The first-order chi connectivity index (χ1) is 9.52. The molecule has 100 valence electrons. The molecule has 0 heterocycles. The Kier molecular flexibility index (Phi) is 4.05. The number of hydrogen-bond acceptors (Lipinski definition) is 1. The fraction of sp³-hybridized carbons (Fsp3) is 0.211. The Morgan fingerprint density at radius 1 is 0.850 bits per heavy atom. The van der Waals surface area contributed by atoms with Crippen molar-refractivity contribution in [2.24, 2.45) is 0 Å². The summed E-state index contributed by atoms with van der Waals surface area (Å²) in [5, 5.41) is 9.12. The lowest BCUT2D eigenvalue weighted by Crippen LogP contribution is -1.95. The number of benzene rings is 2. The summed E-state index contributed by atoms with van der Waals surface area (Å²) in [6, 6.07) is 14.9. The highest BCUT2D eigenvalue weighted by Gasteiger charge is 2.10. The molecule has 1 nitrogen and oxygen atoms in total. The van der Waals surface area contributed by atoms with Gasteiger partial charge in [0.15, 0.2) is 0 Å². The van der Waals surface area contributed by atoms with E-state index in [9.17, 15) is 0 Å². The molecule has 0 bridgehead atoms. The molecular formula is C19H19N. The van der Waals surface area contributed by atoms with E-state index in [-0.39, 0.29) is 0 Å². The number of rotatable bonds is 2. The molecule has 2 aromatic rings. The van der Waals surface area contributed by atoms with Crippen LogP contribution in [0.5, 0.6) is 0 Å². The maximum Gasteiger partial charge on any atom is 0.0918 e. The smallest absolute Gasteiger partial charge is 0.0918 e.